The van der Waals surface area contributed by atoms with Crippen molar-refractivity contribution in [3.8, 4) is 23.0 Å². The zero-order valence-corrected chi connectivity index (χ0v) is 85.4. The Morgan fingerprint density at radius 1 is 0.265 bits per heavy atom. The summed E-state index contributed by atoms with van der Waals surface area (Å²) in [7, 11) is 6.30. The molecule has 4 heterocycles. The average molecular weight is 2010 g/mol. The van der Waals surface area contributed by atoms with Gasteiger partial charge in [0.05, 0.1) is 52.6 Å². The Morgan fingerprint density at radius 3 is 0.707 bits per heavy atom. The second-order valence-electron chi connectivity index (χ2n) is 41.5. The summed E-state index contributed by atoms with van der Waals surface area (Å²) in [5.74, 6) is -1.35. The Kier molecular flexibility index (Phi) is 36.8. The number of methoxy groups -OCH3 is 4. The minimum atomic E-state index is -1.09. The lowest BCUT2D eigenvalue weighted by molar-refractivity contribution is -0.135. The van der Waals surface area contributed by atoms with E-state index < -0.39 is 140 Å². The third-order valence-corrected chi connectivity index (χ3v) is 29.3. The fraction of sp³-hybridized carbons (Fsp3) is 0.443. The van der Waals surface area contributed by atoms with E-state index >= 15 is 0 Å². The Balaban J connectivity index is 0.000000164. The molecule has 4 aliphatic carbocycles. The van der Waals surface area contributed by atoms with Crippen LogP contribution in [-0.4, -0.2) is 194 Å². The lowest BCUT2D eigenvalue weighted by Gasteiger charge is -2.28. The van der Waals surface area contributed by atoms with E-state index in [1.807, 2.05) is 198 Å². The quantitative estimate of drug-likeness (QED) is 0.0169. The first-order chi connectivity index (χ1) is 70.3. The molecule has 0 bridgehead atoms. The van der Waals surface area contributed by atoms with Gasteiger partial charge in [0.1, 0.15) is 70.3 Å². The number of hydrogen-bond acceptors (Lipinski definition) is 20. The molecule has 12 N–H and O–H groups in total. The molecule has 12 atom stereocenters. The summed E-state index contributed by atoms with van der Waals surface area (Å²) in [5.41, 5.74) is 3.22. The van der Waals surface area contributed by atoms with Crippen LogP contribution >= 0.6 is 0 Å². The summed E-state index contributed by atoms with van der Waals surface area (Å²) in [4.78, 5) is 207. The third kappa shape index (κ3) is 30.9. The molecule has 778 valence electrons. The molecule has 147 heavy (non-hydrogen) atoms. The molecule has 4 aliphatic heterocycles. The molecule has 0 unspecified atom stereocenters. The number of carbonyl (C=O) groups is 16. The van der Waals surface area contributed by atoms with Crippen molar-refractivity contribution in [2.45, 2.75) is 274 Å². The van der Waals surface area contributed by atoms with E-state index in [-0.39, 0.29) is 91.7 Å². The van der Waals surface area contributed by atoms with Gasteiger partial charge in [0.2, 0.25) is 70.9 Å². The maximum Gasteiger partial charge on any atom is 0.246 e. The molecular weight excluding hydrogens is 1870 g/mol. The first-order valence-corrected chi connectivity index (χ1v) is 50.8. The molecule has 8 aromatic rings. The number of ketones is 4. The van der Waals surface area contributed by atoms with E-state index in [4.69, 9.17) is 18.9 Å². The molecule has 0 aromatic heterocycles. The zero-order chi connectivity index (χ0) is 105. The molecule has 32 heteroatoms. The highest BCUT2D eigenvalue weighted by atomic mass is 16.5. The second-order valence-corrected chi connectivity index (χ2v) is 41.5. The molecular formula is C115H138N12O20. The van der Waals surface area contributed by atoms with E-state index in [0.29, 0.717) is 87.2 Å². The predicted molar refractivity (Wildman–Crippen MR) is 551 cm³/mol. The summed E-state index contributed by atoms with van der Waals surface area (Å²) in [6, 6.07) is 59.5. The fourth-order valence-electron chi connectivity index (χ4n) is 18.5. The highest BCUT2D eigenvalue weighted by molar-refractivity contribution is 6.03. The van der Waals surface area contributed by atoms with Gasteiger partial charge in [-0.05, 0) is 216 Å². The summed E-state index contributed by atoms with van der Waals surface area (Å²) >= 11 is 0. The lowest BCUT2D eigenvalue weighted by atomic mass is 9.92. The SMILES string of the molecule is COc1ccc(C[C@H](NC(=O)[C@@]2(C)CCC(=O)N2)C(=O)N[C@@H](Cc2ccccc2)C(=O)C2(C)CC2)cc1.COc1ccc(C[C@H](NC(=O)[C@H]2CCC(=O)N2)C(=O)N[C@@H](Cc2ccccc2)C(=O)C2(C)CC2)cc1.COc1ccc(C[C@H](NC(=O)[C@H]2CCCC(=O)N2)C(=O)N[C@@H](Cc2ccccc2)C(=O)C2(C)CC2)cc1.COc1ccc(C[C@H](NC(=O)[C@]2(C)CCC(=O)N2)C(=O)N[C@@H](Cc2ccccc2)C(=O)C2(C)CC2)cc1. The Hall–Kier alpha value is -14.7. The van der Waals surface area contributed by atoms with Crippen LogP contribution in [0.1, 0.15) is 195 Å². The van der Waals surface area contributed by atoms with Crippen molar-refractivity contribution in [2.24, 2.45) is 21.7 Å². The molecule has 4 saturated carbocycles. The number of Topliss-reactive ketones (excluding diaryl/α,β-unsaturated/α-hetero) is 4. The monoisotopic (exact) mass is 2010 g/mol. The molecule has 0 radical (unpaired) electrons. The van der Waals surface area contributed by atoms with E-state index in [9.17, 15) is 76.7 Å². The van der Waals surface area contributed by atoms with Crippen molar-refractivity contribution in [2.75, 3.05) is 28.4 Å². The van der Waals surface area contributed by atoms with Crippen LogP contribution < -0.4 is 82.7 Å². The van der Waals surface area contributed by atoms with Gasteiger partial charge >= 0.3 is 0 Å². The van der Waals surface area contributed by atoms with Crippen molar-refractivity contribution in [1.29, 1.82) is 0 Å². The maximum absolute atomic E-state index is 13.7. The number of rotatable bonds is 44. The Labute approximate surface area is 858 Å². The van der Waals surface area contributed by atoms with Crippen molar-refractivity contribution in [3.05, 3.63) is 263 Å². The molecule has 32 nitrogen and oxygen atoms in total. The highest BCUT2D eigenvalue weighted by Crippen LogP contribution is 2.50. The first-order valence-electron chi connectivity index (χ1n) is 50.8. The first kappa shape index (κ1) is 110. The van der Waals surface area contributed by atoms with Crippen molar-refractivity contribution < 1.29 is 95.7 Å². The van der Waals surface area contributed by atoms with Gasteiger partial charge < -0.3 is 82.7 Å². The van der Waals surface area contributed by atoms with Gasteiger partial charge in [-0.2, -0.15) is 0 Å². The van der Waals surface area contributed by atoms with Crippen molar-refractivity contribution in [3.63, 3.8) is 0 Å². The van der Waals surface area contributed by atoms with E-state index in [1.54, 1.807) is 90.8 Å². The van der Waals surface area contributed by atoms with E-state index in [2.05, 4.69) is 63.8 Å². The fourth-order valence-corrected chi connectivity index (χ4v) is 18.5. The Bertz CT molecular complexity index is 5830. The van der Waals surface area contributed by atoms with Crippen LogP contribution in [-0.2, 0) is 128 Å². The number of carbonyl (C=O) groups excluding carboxylic acids is 16. The number of amides is 12. The van der Waals surface area contributed by atoms with Crippen LogP contribution in [0.3, 0.4) is 0 Å². The van der Waals surface area contributed by atoms with Gasteiger partial charge in [-0.3, -0.25) is 76.7 Å². The molecule has 0 spiro atoms. The highest BCUT2D eigenvalue weighted by Gasteiger charge is 2.53. The summed E-state index contributed by atoms with van der Waals surface area (Å²) in [6.45, 7) is 11.0. The molecule has 8 aromatic carbocycles. The van der Waals surface area contributed by atoms with Gasteiger partial charge in [-0.1, -0.05) is 198 Å². The van der Waals surface area contributed by atoms with Gasteiger partial charge in [0.15, 0.2) is 23.1 Å². The van der Waals surface area contributed by atoms with Crippen LogP contribution in [0, 0.1) is 21.7 Å². The van der Waals surface area contributed by atoms with Crippen LogP contribution in [0.2, 0.25) is 0 Å². The standard InChI is InChI=1S/3C29H35N3O5.C28H33N3O5/c2*1-28(15-16-28)25(34)22(17-19-7-5-4-6-8-19)30-26(35)23(18-20-9-11-21(37-3)12-10-20)31-27(36)29(2)14-13-24(33)32-29;1-29(15-16-29)26(34)23(17-19-7-4-3-5-8-19)31-28(36)24(18-20-11-13-21(37-2)14-12-20)32-27(35)22-9-6-10-25(33)30-22;1-28(14-15-28)25(33)22(16-18-6-4-3-5-7-18)30-27(35)23(17-19-8-10-20(36-2)11-9-19)31-26(34)21-12-13-24(32)29-21/h2*4-12,22-23H,13-18H2,1-3H3,(H,30,35)(H,31,36)(H,32,33);3-5,7-8,11-14,22-24H,6,9-10,15-18H2,1-2H3,(H,30,33)(H,31,36)(H,32,35);3-11,21-23H,12-17H2,1-2H3,(H,29,32)(H,30,35)(H,31,34)/t22-,23-,29+;22-,23-,29-;22-,23+,24+;21-,22+,23+/m0011/s1. The Morgan fingerprint density at radius 2 is 0.490 bits per heavy atom. The van der Waals surface area contributed by atoms with E-state index in [0.717, 1.165) is 95.9 Å². The van der Waals surface area contributed by atoms with Gasteiger partial charge in [-0.25, -0.2) is 0 Å². The molecule has 12 amide bonds. The number of hydrogen-bond donors (Lipinski definition) is 12. The van der Waals surface area contributed by atoms with Gasteiger partial charge in [0, 0.05) is 73.0 Å². The van der Waals surface area contributed by atoms with Gasteiger partial charge in [-0.15, -0.1) is 0 Å². The molecule has 8 fully saturated rings. The smallest absolute Gasteiger partial charge is 0.246 e. The summed E-state index contributed by atoms with van der Waals surface area (Å²) < 4.78 is 20.9. The topological polar surface area (TPSA) is 454 Å². The van der Waals surface area contributed by atoms with Crippen LogP contribution in [0.4, 0.5) is 0 Å². The number of nitrogens with one attached hydrogen (secondary N) is 12. The normalized spacial score (nSPS) is 20.4. The number of ether oxygens (including phenoxy) is 4. The van der Waals surface area contributed by atoms with Gasteiger partial charge in [0.25, 0.3) is 0 Å². The molecule has 8 aliphatic rings. The van der Waals surface area contributed by atoms with Crippen LogP contribution in [0.15, 0.2) is 218 Å². The molecule has 16 rings (SSSR count). The lowest BCUT2D eigenvalue weighted by Crippen LogP contribution is -2.59. The van der Waals surface area contributed by atoms with Crippen molar-refractivity contribution >= 4 is 94.0 Å². The third-order valence-electron chi connectivity index (χ3n) is 29.3. The van der Waals surface area contributed by atoms with Crippen LogP contribution in [0.5, 0.6) is 23.0 Å². The second kappa shape index (κ2) is 49.4. The number of benzene rings is 8. The van der Waals surface area contributed by atoms with E-state index in [1.165, 1.54) is 0 Å². The minimum absolute atomic E-state index is 0.00856. The molecule has 4 saturated heterocycles. The largest absolute Gasteiger partial charge is 0.497 e. The number of piperidine rings is 1. The zero-order valence-electron chi connectivity index (χ0n) is 85.4. The average Bonchev–Trinajstić information content (AvgIpc) is 1.63. The summed E-state index contributed by atoms with van der Waals surface area (Å²) in [5, 5.41) is 34.0. The predicted octanol–water partition coefficient (Wildman–Crippen LogP) is 9.56. The van der Waals surface area contributed by atoms with Crippen molar-refractivity contribution in [1.82, 2.24) is 63.8 Å². The van der Waals surface area contributed by atoms with Crippen LogP contribution in [0.25, 0.3) is 0 Å². The summed E-state index contributed by atoms with van der Waals surface area (Å²) in [6.07, 6.45) is 12.2. The minimum Gasteiger partial charge on any atom is -0.497 e. The maximum atomic E-state index is 13.7.